The molecule has 2 nitrogen and oxygen atoms in total. The molecule has 0 aliphatic carbocycles. The summed E-state index contributed by atoms with van der Waals surface area (Å²) in [4.78, 5) is 11.5. The van der Waals surface area contributed by atoms with Gasteiger partial charge in [0.25, 0.3) is 0 Å². The predicted octanol–water partition coefficient (Wildman–Crippen LogP) is 3.05. The highest BCUT2D eigenvalue weighted by Gasteiger charge is 2.09. The van der Waals surface area contributed by atoms with E-state index in [1.807, 2.05) is 24.3 Å². The molecule has 0 heterocycles. The van der Waals surface area contributed by atoms with Crippen molar-refractivity contribution in [3.63, 3.8) is 0 Å². The maximum atomic E-state index is 11.5. The van der Waals surface area contributed by atoms with Crippen molar-refractivity contribution in [2.24, 2.45) is 0 Å². The first-order valence-electron chi connectivity index (χ1n) is 5.33. The Labute approximate surface area is 100 Å². The molecule has 0 aliphatic rings. The summed E-state index contributed by atoms with van der Waals surface area (Å²) in [7, 11) is 0. The van der Waals surface area contributed by atoms with Crippen LogP contribution in [0.2, 0.25) is 0 Å². The van der Waals surface area contributed by atoms with Gasteiger partial charge in [0.05, 0.1) is 0 Å². The number of ether oxygens (including phenoxy) is 1. The Kier molecular flexibility index (Phi) is 3.11. The van der Waals surface area contributed by atoms with Gasteiger partial charge in [0, 0.05) is 10.9 Å². The SMILES string of the molecule is C#CCOc1ccc(C(C)=O)c2ccccc12. The zero-order valence-electron chi connectivity index (χ0n) is 9.57. The van der Waals surface area contributed by atoms with Crippen molar-refractivity contribution >= 4 is 16.6 Å². The first kappa shape index (κ1) is 11.2. The lowest BCUT2D eigenvalue weighted by atomic mass is 10.0. The van der Waals surface area contributed by atoms with Crippen molar-refractivity contribution in [2.75, 3.05) is 6.61 Å². The van der Waals surface area contributed by atoms with Gasteiger partial charge in [-0.05, 0) is 24.4 Å². The maximum Gasteiger partial charge on any atom is 0.160 e. The highest BCUT2D eigenvalue weighted by atomic mass is 16.5. The molecular weight excluding hydrogens is 212 g/mol. The number of hydrogen-bond donors (Lipinski definition) is 0. The van der Waals surface area contributed by atoms with E-state index in [1.165, 1.54) is 0 Å². The van der Waals surface area contributed by atoms with Crippen molar-refractivity contribution in [3.8, 4) is 18.1 Å². The van der Waals surface area contributed by atoms with E-state index in [2.05, 4.69) is 5.92 Å². The van der Waals surface area contributed by atoms with Gasteiger partial charge >= 0.3 is 0 Å². The Bertz CT molecular complexity index is 606. The number of rotatable bonds is 3. The molecule has 0 fully saturated rings. The van der Waals surface area contributed by atoms with Crippen molar-refractivity contribution in [3.05, 3.63) is 42.0 Å². The van der Waals surface area contributed by atoms with Gasteiger partial charge in [0.15, 0.2) is 5.78 Å². The van der Waals surface area contributed by atoms with E-state index in [0.717, 1.165) is 10.8 Å². The van der Waals surface area contributed by atoms with Crippen molar-refractivity contribution in [2.45, 2.75) is 6.92 Å². The molecule has 0 saturated heterocycles. The number of benzene rings is 2. The summed E-state index contributed by atoms with van der Waals surface area (Å²) < 4.78 is 5.46. The van der Waals surface area contributed by atoms with E-state index >= 15 is 0 Å². The molecule has 0 aromatic heterocycles. The predicted molar refractivity (Wildman–Crippen MR) is 68.3 cm³/mol. The molecule has 0 aliphatic heterocycles. The average molecular weight is 224 g/mol. The third kappa shape index (κ3) is 2.14. The summed E-state index contributed by atoms with van der Waals surface area (Å²) in [6.45, 7) is 1.78. The quantitative estimate of drug-likeness (QED) is 0.591. The molecule has 0 unspecified atom stereocenters. The highest BCUT2D eigenvalue weighted by molar-refractivity contribution is 6.08. The van der Waals surface area contributed by atoms with Crippen LogP contribution >= 0.6 is 0 Å². The molecule has 0 radical (unpaired) electrons. The zero-order valence-corrected chi connectivity index (χ0v) is 9.57. The van der Waals surface area contributed by atoms with Crippen molar-refractivity contribution in [1.82, 2.24) is 0 Å². The Hall–Kier alpha value is -2.27. The molecule has 0 atom stereocenters. The van der Waals surface area contributed by atoms with Crippen LogP contribution in [-0.4, -0.2) is 12.4 Å². The fourth-order valence-corrected chi connectivity index (χ4v) is 1.82. The van der Waals surface area contributed by atoms with Crippen molar-refractivity contribution in [1.29, 1.82) is 0 Å². The Morgan fingerprint density at radius 3 is 2.59 bits per heavy atom. The van der Waals surface area contributed by atoms with Crippen LogP contribution < -0.4 is 4.74 Å². The summed E-state index contributed by atoms with van der Waals surface area (Å²) in [6.07, 6.45) is 5.17. The summed E-state index contributed by atoms with van der Waals surface area (Å²) in [5.74, 6) is 3.19. The van der Waals surface area contributed by atoms with E-state index in [0.29, 0.717) is 11.3 Å². The lowest BCUT2D eigenvalue weighted by Crippen LogP contribution is -1.98. The van der Waals surface area contributed by atoms with Gasteiger partial charge in [-0.1, -0.05) is 30.2 Å². The van der Waals surface area contributed by atoms with Crippen LogP contribution in [0.15, 0.2) is 36.4 Å². The number of Topliss-reactive ketones (excluding diaryl/α,β-unsaturated/α-hetero) is 1. The molecule has 2 heteroatoms. The van der Waals surface area contributed by atoms with Crippen LogP contribution in [0.3, 0.4) is 0 Å². The fraction of sp³-hybridized carbons (Fsp3) is 0.133. The van der Waals surface area contributed by atoms with E-state index in [1.54, 1.807) is 19.1 Å². The normalized spacial score (nSPS) is 9.88. The highest BCUT2D eigenvalue weighted by Crippen LogP contribution is 2.28. The molecule has 0 saturated carbocycles. The topological polar surface area (TPSA) is 26.3 Å². The Balaban J connectivity index is 2.63. The number of hydrogen-bond acceptors (Lipinski definition) is 2. The lowest BCUT2D eigenvalue weighted by molar-refractivity contribution is 0.101. The van der Waals surface area contributed by atoms with Crippen LogP contribution in [0, 0.1) is 12.3 Å². The molecule has 2 aromatic rings. The minimum atomic E-state index is 0.0460. The van der Waals surface area contributed by atoms with Crippen LogP contribution in [0.25, 0.3) is 10.8 Å². The van der Waals surface area contributed by atoms with Gasteiger partial charge in [-0.25, -0.2) is 0 Å². The van der Waals surface area contributed by atoms with Crippen LogP contribution in [0.1, 0.15) is 17.3 Å². The van der Waals surface area contributed by atoms with Crippen LogP contribution in [0.5, 0.6) is 5.75 Å². The lowest BCUT2D eigenvalue weighted by Gasteiger charge is -2.09. The molecule has 2 aromatic carbocycles. The summed E-state index contributed by atoms with van der Waals surface area (Å²) >= 11 is 0. The van der Waals surface area contributed by atoms with E-state index in [9.17, 15) is 4.79 Å². The maximum absolute atomic E-state index is 11.5. The smallest absolute Gasteiger partial charge is 0.160 e. The van der Waals surface area contributed by atoms with Gasteiger partial charge in [-0.3, -0.25) is 4.79 Å². The summed E-state index contributed by atoms with van der Waals surface area (Å²) in [6, 6.07) is 11.2. The monoisotopic (exact) mass is 224 g/mol. The zero-order chi connectivity index (χ0) is 12.3. The number of ketones is 1. The molecule has 0 N–H and O–H groups in total. The number of carbonyl (C=O) groups excluding carboxylic acids is 1. The number of terminal acetylenes is 1. The van der Waals surface area contributed by atoms with Gasteiger partial charge in [0.2, 0.25) is 0 Å². The average Bonchev–Trinajstić information content (AvgIpc) is 2.35. The first-order chi connectivity index (χ1) is 8.24. The number of carbonyl (C=O) groups is 1. The van der Waals surface area contributed by atoms with Gasteiger partial charge in [-0.15, -0.1) is 6.42 Å². The molecular formula is C15H12O2. The number of fused-ring (bicyclic) bond motifs is 1. The second-order valence-electron chi connectivity index (χ2n) is 3.71. The molecule has 0 spiro atoms. The summed E-state index contributed by atoms with van der Waals surface area (Å²) in [5.41, 5.74) is 0.702. The van der Waals surface area contributed by atoms with Gasteiger partial charge in [0.1, 0.15) is 12.4 Å². The van der Waals surface area contributed by atoms with Crippen molar-refractivity contribution < 1.29 is 9.53 Å². The van der Waals surface area contributed by atoms with Crippen LogP contribution in [-0.2, 0) is 0 Å². The third-order valence-electron chi connectivity index (χ3n) is 2.57. The van der Waals surface area contributed by atoms with E-state index in [4.69, 9.17) is 11.2 Å². The molecule has 0 bridgehead atoms. The Morgan fingerprint density at radius 2 is 1.94 bits per heavy atom. The first-order valence-corrected chi connectivity index (χ1v) is 5.33. The standard InChI is InChI=1S/C15H12O2/c1-3-10-17-15-9-8-12(11(2)16)13-6-4-5-7-14(13)15/h1,4-9H,10H2,2H3. The molecule has 84 valence electrons. The van der Waals surface area contributed by atoms with Gasteiger partial charge < -0.3 is 4.74 Å². The third-order valence-corrected chi connectivity index (χ3v) is 2.57. The largest absolute Gasteiger partial charge is 0.480 e. The fourth-order valence-electron chi connectivity index (χ4n) is 1.82. The summed E-state index contributed by atoms with van der Waals surface area (Å²) in [5, 5.41) is 1.81. The molecule has 2 rings (SSSR count). The Morgan fingerprint density at radius 1 is 1.24 bits per heavy atom. The second kappa shape index (κ2) is 4.71. The van der Waals surface area contributed by atoms with Crippen LogP contribution in [0.4, 0.5) is 0 Å². The van der Waals surface area contributed by atoms with E-state index in [-0.39, 0.29) is 12.4 Å². The molecule has 17 heavy (non-hydrogen) atoms. The minimum absolute atomic E-state index is 0.0460. The second-order valence-corrected chi connectivity index (χ2v) is 3.71. The van der Waals surface area contributed by atoms with Gasteiger partial charge in [-0.2, -0.15) is 0 Å². The molecule has 0 amide bonds. The van der Waals surface area contributed by atoms with E-state index < -0.39 is 0 Å². The minimum Gasteiger partial charge on any atom is -0.480 e.